The third-order valence-electron chi connectivity index (χ3n) is 3.76. The standard InChI is InChI=1S/C16H21N3O2/c1-21-14-8-10-19(12-14)9-4-7-16(20)18-15-6-3-2-5-13(15)11-17/h2-3,5-6,14H,4,7-10,12H2,1H3,(H,18,20). The molecule has 1 fully saturated rings. The van der Waals surface area contributed by atoms with E-state index in [0.717, 1.165) is 32.5 Å². The Hall–Kier alpha value is -1.90. The van der Waals surface area contributed by atoms with Gasteiger partial charge >= 0.3 is 0 Å². The normalized spacial score (nSPS) is 18.4. The number of rotatable bonds is 6. The zero-order valence-electron chi connectivity index (χ0n) is 12.3. The molecule has 1 amide bonds. The van der Waals surface area contributed by atoms with E-state index in [-0.39, 0.29) is 5.91 Å². The molecule has 1 aliphatic heterocycles. The predicted octanol–water partition coefficient (Wildman–Crippen LogP) is 2.00. The topological polar surface area (TPSA) is 65.4 Å². The summed E-state index contributed by atoms with van der Waals surface area (Å²) in [7, 11) is 1.74. The summed E-state index contributed by atoms with van der Waals surface area (Å²) in [5.41, 5.74) is 1.08. The van der Waals surface area contributed by atoms with Crippen LogP contribution >= 0.6 is 0 Å². The van der Waals surface area contributed by atoms with E-state index in [9.17, 15) is 4.79 Å². The molecule has 0 radical (unpaired) electrons. The molecule has 5 nitrogen and oxygen atoms in total. The molecular formula is C16H21N3O2. The average Bonchev–Trinajstić information content (AvgIpc) is 2.96. The molecule has 1 N–H and O–H groups in total. The van der Waals surface area contributed by atoms with E-state index >= 15 is 0 Å². The van der Waals surface area contributed by atoms with Gasteiger partial charge in [-0.3, -0.25) is 4.79 Å². The second-order valence-corrected chi connectivity index (χ2v) is 5.26. The third-order valence-corrected chi connectivity index (χ3v) is 3.76. The number of para-hydroxylation sites is 1. The molecule has 0 aromatic heterocycles. The van der Waals surface area contributed by atoms with Gasteiger partial charge in [0.25, 0.3) is 0 Å². The molecule has 0 bridgehead atoms. The first-order valence-corrected chi connectivity index (χ1v) is 7.27. The molecule has 112 valence electrons. The third kappa shape index (κ3) is 4.55. The van der Waals surface area contributed by atoms with Crippen molar-refractivity contribution in [2.24, 2.45) is 0 Å². The summed E-state index contributed by atoms with van der Waals surface area (Å²) in [6, 6.07) is 9.12. The van der Waals surface area contributed by atoms with E-state index in [1.807, 2.05) is 6.07 Å². The maximum absolute atomic E-state index is 11.9. The Morgan fingerprint density at radius 2 is 2.33 bits per heavy atom. The number of hydrogen-bond acceptors (Lipinski definition) is 4. The molecule has 1 atom stereocenters. The quantitative estimate of drug-likeness (QED) is 0.869. The van der Waals surface area contributed by atoms with Crippen molar-refractivity contribution >= 4 is 11.6 Å². The van der Waals surface area contributed by atoms with Gasteiger partial charge in [0.2, 0.25) is 5.91 Å². The van der Waals surface area contributed by atoms with Crippen molar-refractivity contribution in [2.75, 3.05) is 32.1 Å². The van der Waals surface area contributed by atoms with E-state index in [4.69, 9.17) is 10.00 Å². The van der Waals surface area contributed by atoms with Crippen LogP contribution in [0.15, 0.2) is 24.3 Å². The highest BCUT2D eigenvalue weighted by molar-refractivity contribution is 5.92. The van der Waals surface area contributed by atoms with Crippen molar-refractivity contribution in [1.82, 2.24) is 4.90 Å². The maximum Gasteiger partial charge on any atom is 0.224 e. The highest BCUT2D eigenvalue weighted by Gasteiger charge is 2.21. The minimum Gasteiger partial charge on any atom is -0.380 e. The van der Waals surface area contributed by atoms with Crippen LogP contribution in [0.4, 0.5) is 5.69 Å². The van der Waals surface area contributed by atoms with Crippen molar-refractivity contribution in [3.05, 3.63) is 29.8 Å². The number of amides is 1. The van der Waals surface area contributed by atoms with Crippen LogP contribution in [-0.4, -0.2) is 43.7 Å². The summed E-state index contributed by atoms with van der Waals surface area (Å²) in [6.45, 7) is 2.90. The van der Waals surface area contributed by atoms with Crippen LogP contribution in [0.1, 0.15) is 24.8 Å². The van der Waals surface area contributed by atoms with Gasteiger partial charge in [-0.1, -0.05) is 12.1 Å². The minimum absolute atomic E-state index is 0.0415. The molecule has 5 heteroatoms. The lowest BCUT2D eigenvalue weighted by Gasteiger charge is -2.15. The number of carbonyl (C=O) groups is 1. The summed E-state index contributed by atoms with van der Waals surface area (Å²) in [5.74, 6) is -0.0415. The molecule has 0 saturated carbocycles. The Kier molecular flexibility index (Phi) is 5.73. The van der Waals surface area contributed by atoms with Gasteiger partial charge < -0.3 is 15.0 Å². The van der Waals surface area contributed by atoms with Crippen LogP contribution in [-0.2, 0) is 9.53 Å². The first-order chi connectivity index (χ1) is 10.2. The fourth-order valence-corrected chi connectivity index (χ4v) is 2.56. The monoisotopic (exact) mass is 287 g/mol. The van der Waals surface area contributed by atoms with E-state index in [1.54, 1.807) is 25.3 Å². The fraction of sp³-hybridized carbons (Fsp3) is 0.500. The van der Waals surface area contributed by atoms with Gasteiger partial charge in [0, 0.05) is 26.6 Å². The highest BCUT2D eigenvalue weighted by Crippen LogP contribution is 2.15. The van der Waals surface area contributed by atoms with Crippen molar-refractivity contribution < 1.29 is 9.53 Å². The SMILES string of the molecule is COC1CCN(CCCC(=O)Nc2ccccc2C#N)C1. The number of anilines is 1. The molecule has 1 aliphatic rings. The van der Waals surface area contributed by atoms with Gasteiger partial charge in [0.15, 0.2) is 0 Å². The Morgan fingerprint density at radius 3 is 3.05 bits per heavy atom. The number of likely N-dealkylation sites (tertiary alicyclic amines) is 1. The van der Waals surface area contributed by atoms with Crippen LogP contribution in [0, 0.1) is 11.3 Å². The van der Waals surface area contributed by atoms with Gasteiger partial charge in [-0.15, -0.1) is 0 Å². The molecule has 2 rings (SSSR count). The fourth-order valence-electron chi connectivity index (χ4n) is 2.56. The lowest BCUT2D eigenvalue weighted by atomic mass is 10.2. The summed E-state index contributed by atoms with van der Waals surface area (Å²) in [4.78, 5) is 14.2. The van der Waals surface area contributed by atoms with Crippen molar-refractivity contribution in [3.8, 4) is 6.07 Å². The van der Waals surface area contributed by atoms with Crippen LogP contribution in [0.5, 0.6) is 0 Å². The van der Waals surface area contributed by atoms with E-state index < -0.39 is 0 Å². The lowest BCUT2D eigenvalue weighted by Crippen LogP contribution is -2.25. The van der Waals surface area contributed by atoms with Gasteiger partial charge in [-0.25, -0.2) is 0 Å². The number of hydrogen-bond donors (Lipinski definition) is 1. The van der Waals surface area contributed by atoms with E-state index in [1.165, 1.54) is 0 Å². The first-order valence-electron chi connectivity index (χ1n) is 7.27. The molecule has 0 spiro atoms. The number of carbonyl (C=O) groups excluding carboxylic acids is 1. The van der Waals surface area contributed by atoms with Crippen molar-refractivity contribution in [2.45, 2.75) is 25.4 Å². The lowest BCUT2D eigenvalue weighted by molar-refractivity contribution is -0.116. The van der Waals surface area contributed by atoms with E-state index in [2.05, 4.69) is 16.3 Å². The Labute approximate surface area is 125 Å². The summed E-state index contributed by atoms with van der Waals surface area (Å²) >= 11 is 0. The maximum atomic E-state index is 11.9. The molecule has 1 saturated heterocycles. The van der Waals surface area contributed by atoms with Crippen LogP contribution in [0.25, 0.3) is 0 Å². The number of nitrogens with zero attached hydrogens (tertiary/aromatic N) is 2. The molecule has 0 aliphatic carbocycles. The number of nitrogens with one attached hydrogen (secondary N) is 1. The largest absolute Gasteiger partial charge is 0.380 e. The Bertz CT molecular complexity index is 524. The second-order valence-electron chi connectivity index (χ2n) is 5.26. The van der Waals surface area contributed by atoms with Crippen LogP contribution < -0.4 is 5.32 Å². The summed E-state index contributed by atoms with van der Waals surface area (Å²) in [5, 5.41) is 11.8. The zero-order chi connectivity index (χ0) is 15.1. The highest BCUT2D eigenvalue weighted by atomic mass is 16.5. The van der Waals surface area contributed by atoms with Crippen LogP contribution in [0.3, 0.4) is 0 Å². The van der Waals surface area contributed by atoms with Gasteiger partial charge in [-0.2, -0.15) is 5.26 Å². The summed E-state index contributed by atoms with van der Waals surface area (Å²) in [6.07, 6.45) is 2.68. The summed E-state index contributed by atoms with van der Waals surface area (Å²) < 4.78 is 5.32. The zero-order valence-corrected chi connectivity index (χ0v) is 12.3. The van der Waals surface area contributed by atoms with E-state index in [0.29, 0.717) is 23.8 Å². The molecule has 1 aromatic carbocycles. The molecule has 1 aromatic rings. The van der Waals surface area contributed by atoms with Crippen molar-refractivity contribution in [3.63, 3.8) is 0 Å². The number of nitriles is 1. The number of benzene rings is 1. The van der Waals surface area contributed by atoms with Gasteiger partial charge in [0.1, 0.15) is 6.07 Å². The number of ether oxygens (including phenoxy) is 1. The number of methoxy groups -OCH3 is 1. The Balaban J connectivity index is 1.72. The predicted molar refractivity (Wildman–Crippen MR) is 80.9 cm³/mol. The second kappa shape index (κ2) is 7.77. The molecule has 1 heterocycles. The molecular weight excluding hydrogens is 266 g/mol. The van der Waals surface area contributed by atoms with Gasteiger partial charge in [-0.05, 0) is 31.5 Å². The molecule has 21 heavy (non-hydrogen) atoms. The van der Waals surface area contributed by atoms with Crippen LogP contribution in [0.2, 0.25) is 0 Å². The molecule has 1 unspecified atom stereocenters. The Morgan fingerprint density at radius 1 is 1.52 bits per heavy atom. The minimum atomic E-state index is -0.0415. The smallest absolute Gasteiger partial charge is 0.224 e. The van der Waals surface area contributed by atoms with Crippen molar-refractivity contribution in [1.29, 1.82) is 5.26 Å². The average molecular weight is 287 g/mol. The first kappa shape index (κ1) is 15.5. The van der Waals surface area contributed by atoms with Gasteiger partial charge in [0.05, 0.1) is 17.4 Å².